The molecule has 1 saturated heterocycles. The Bertz CT molecular complexity index is 251. The normalized spacial score (nSPS) is 17.9. The monoisotopic (exact) mass is 369 g/mol. The number of nitrogens with zero attached hydrogens (tertiary/aromatic N) is 1. The average Bonchev–Trinajstić information content (AvgIpc) is 2.31. The molecule has 2 N–H and O–H groups in total. The Hall–Kier alpha value is -0.0400. The van der Waals surface area contributed by atoms with E-state index in [0.29, 0.717) is 0 Å². The van der Waals surface area contributed by atoms with Crippen LogP contribution in [0.1, 0.15) is 33.6 Å². The average molecular weight is 369 g/mol. The lowest BCUT2D eigenvalue weighted by Gasteiger charge is -2.38. The van der Waals surface area contributed by atoms with E-state index in [1.807, 2.05) is 7.05 Å². The van der Waals surface area contributed by atoms with Crippen molar-refractivity contribution in [1.29, 1.82) is 0 Å². The highest BCUT2D eigenvalue weighted by molar-refractivity contribution is 14.0. The lowest BCUT2D eigenvalue weighted by atomic mass is 9.89. The Balaban J connectivity index is 0.00000289. The van der Waals surface area contributed by atoms with Gasteiger partial charge in [0.05, 0.1) is 13.2 Å². The number of hydrogen-bond acceptors (Lipinski definition) is 2. The molecule has 0 radical (unpaired) electrons. The van der Waals surface area contributed by atoms with Gasteiger partial charge in [-0.15, -0.1) is 24.0 Å². The molecule has 4 nitrogen and oxygen atoms in total. The lowest BCUT2D eigenvalue weighted by molar-refractivity contribution is -0.0971. The van der Waals surface area contributed by atoms with Gasteiger partial charge in [0, 0.05) is 25.6 Å². The van der Waals surface area contributed by atoms with Crippen LogP contribution in [0.5, 0.6) is 0 Å². The molecule has 0 spiro atoms. The van der Waals surface area contributed by atoms with Crippen LogP contribution >= 0.6 is 24.0 Å². The van der Waals surface area contributed by atoms with Crippen LogP contribution in [0, 0.1) is 11.3 Å². The predicted molar refractivity (Wildman–Crippen MR) is 87.8 cm³/mol. The van der Waals surface area contributed by atoms with E-state index in [1.54, 1.807) is 0 Å². The Morgan fingerprint density at radius 3 is 2.28 bits per heavy atom. The quantitative estimate of drug-likeness (QED) is 0.429. The summed E-state index contributed by atoms with van der Waals surface area (Å²) < 4.78 is 5.24. The van der Waals surface area contributed by atoms with Gasteiger partial charge < -0.3 is 15.4 Å². The lowest BCUT2D eigenvalue weighted by Crippen LogP contribution is -2.51. The van der Waals surface area contributed by atoms with Gasteiger partial charge in [0.1, 0.15) is 0 Å². The molecule has 0 unspecified atom stereocenters. The van der Waals surface area contributed by atoms with Gasteiger partial charge in [0.25, 0.3) is 0 Å². The van der Waals surface area contributed by atoms with E-state index in [1.165, 1.54) is 12.8 Å². The summed E-state index contributed by atoms with van der Waals surface area (Å²) in [6.45, 7) is 10.3. The molecule has 1 heterocycles. The van der Waals surface area contributed by atoms with Gasteiger partial charge in [-0.2, -0.15) is 0 Å². The van der Waals surface area contributed by atoms with Gasteiger partial charge in [0.15, 0.2) is 5.96 Å². The fraction of sp³-hybridized carbons (Fsp3) is 0.923. The fourth-order valence-corrected chi connectivity index (χ4v) is 1.89. The molecule has 1 aliphatic heterocycles. The van der Waals surface area contributed by atoms with Crippen molar-refractivity contribution in [2.24, 2.45) is 16.3 Å². The van der Waals surface area contributed by atoms with E-state index >= 15 is 0 Å². The summed E-state index contributed by atoms with van der Waals surface area (Å²) in [6.07, 6.45) is 2.43. The molecule has 1 fully saturated rings. The van der Waals surface area contributed by atoms with E-state index in [4.69, 9.17) is 4.74 Å². The first-order valence-electron chi connectivity index (χ1n) is 6.65. The maximum absolute atomic E-state index is 5.24. The second-order valence-electron chi connectivity index (χ2n) is 5.29. The molecule has 1 aliphatic rings. The van der Waals surface area contributed by atoms with Crippen molar-refractivity contribution in [3.05, 3.63) is 0 Å². The van der Waals surface area contributed by atoms with Crippen molar-refractivity contribution >= 4 is 29.9 Å². The zero-order chi connectivity index (χ0) is 12.7. The first-order valence-corrected chi connectivity index (χ1v) is 6.65. The standard InChI is InChI=1S/C13H27N3O.HI/c1-5-11(6-2)7-15-12(14-4)16-8-13(3)9-17-10-13;/h11H,5-10H2,1-4H3,(H2,14,15,16);1H. The second kappa shape index (κ2) is 8.96. The largest absolute Gasteiger partial charge is 0.380 e. The molecule has 0 aromatic rings. The summed E-state index contributed by atoms with van der Waals surface area (Å²) in [4.78, 5) is 4.24. The zero-order valence-corrected chi connectivity index (χ0v) is 14.4. The van der Waals surface area contributed by atoms with Crippen molar-refractivity contribution < 1.29 is 4.74 Å². The van der Waals surface area contributed by atoms with Crippen LogP contribution in [0.15, 0.2) is 4.99 Å². The van der Waals surface area contributed by atoms with Gasteiger partial charge in [-0.25, -0.2) is 0 Å². The minimum absolute atomic E-state index is 0. The second-order valence-corrected chi connectivity index (χ2v) is 5.29. The van der Waals surface area contributed by atoms with E-state index in [0.717, 1.165) is 38.2 Å². The van der Waals surface area contributed by atoms with Crippen LogP contribution in [0.3, 0.4) is 0 Å². The topological polar surface area (TPSA) is 45.7 Å². The maximum Gasteiger partial charge on any atom is 0.191 e. The van der Waals surface area contributed by atoms with Crippen LogP contribution in [-0.4, -0.2) is 39.3 Å². The van der Waals surface area contributed by atoms with Crippen molar-refractivity contribution in [3.63, 3.8) is 0 Å². The molecule has 1 rings (SSSR count). The number of halogens is 1. The highest BCUT2D eigenvalue weighted by Crippen LogP contribution is 2.24. The summed E-state index contributed by atoms with van der Waals surface area (Å²) in [6, 6.07) is 0. The van der Waals surface area contributed by atoms with Gasteiger partial charge in [-0.05, 0) is 5.92 Å². The number of guanidine groups is 1. The first-order chi connectivity index (χ1) is 8.13. The van der Waals surface area contributed by atoms with E-state index in [-0.39, 0.29) is 29.4 Å². The van der Waals surface area contributed by atoms with Gasteiger partial charge in [0.2, 0.25) is 0 Å². The first kappa shape index (κ1) is 18.0. The molecule has 0 saturated carbocycles. The third kappa shape index (κ3) is 5.73. The van der Waals surface area contributed by atoms with E-state index in [9.17, 15) is 0 Å². The molecule has 5 heteroatoms. The molecule has 0 aliphatic carbocycles. The van der Waals surface area contributed by atoms with Crippen molar-refractivity contribution in [1.82, 2.24) is 10.6 Å². The highest BCUT2D eigenvalue weighted by atomic mass is 127. The summed E-state index contributed by atoms with van der Waals surface area (Å²) in [5, 5.41) is 6.76. The molecular weight excluding hydrogens is 341 g/mol. The molecule has 108 valence electrons. The van der Waals surface area contributed by atoms with Crippen LogP contribution < -0.4 is 10.6 Å². The molecule has 0 atom stereocenters. The summed E-state index contributed by atoms with van der Waals surface area (Å²) in [5.41, 5.74) is 0.284. The smallest absolute Gasteiger partial charge is 0.191 e. The Kier molecular flexibility index (Phi) is 8.94. The van der Waals surface area contributed by atoms with Gasteiger partial charge in [-0.1, -0.05) is 33.6 Å². The maximum atomic E-state index is 5.24. The van der Waals surface area contributed by atoms with Crippen LogP contribution in [0.4, 0.5) is 0 Å². The molecule has 0 bridgehead atoms. The minimum atomic E-state index is 0. The number of aliphatic imine (C=N–C) groups is 1. The zero-order valence-electron chi connectivity index (χ0n) is 12.1. The van der Waals surface area contributed by atoms with Crippen LogP contribution in [0.25, 0.3) is 0 Å². The molecule has 0 aromatic heterocycles. The van der Waals surface area contributed by atoms with Crippen LogP contribution in [0.2, 0.25) is 0 Å². The molecular formula is C13H28IN3O. The number of rotatable bonds is 6. The van der Waals surface area contributed by atoms with Crippen molar-refractivity contribution in [2.75, 3.05) is 33.4 Å². The number of hydrogen-bond donors (Lipinski definition) is 2. The SMILES string of the molecule is CCC(CC)CNC(=NC)NCC1(C)COC1.I. The van der Waals surface area contributed by atoms with E-state index < -0.39 is 0 Å². The fourth-order valence-electron chi connectivity index (χ4n) is 1.89. The van der Waals surface area contributed by atoms with Gasteiger partial charge >= 0.3 is 0 Å². The molecule has 18 heavy (non-hydrogen) atoms. The van der Waals surface area contributed by atoms with Crippen molar-refractivity contribution in [2.45, 2.75) is 33.6 Å². The predicted octanol–water partition coefficient (Wildman–Crippen LogP) is 2.24. The summed E-state index contributed by atoms with van der Waals surface area (Å²) in [7, 11) is 1.82. The third-order valence-electron chi connectivity index (χ3n) is 3.52. The summed E-state index contributed by atoms with van der Waals surface area (Å²) in [5.74, 6) is 1.64. The number of ether oxygens (including phenoxy) is 1. The third-order valence-corrected chi connectivity index (χ3v) is 3.52. The highest BCUT2D eigenvalue weighted by Gasteiger charge is 2.33. The van der Waals surface area contributed by atoms with Crippen molar-refractivity contribution in [3.8, 4) is 0 Å². The molecule has 0 aromatic carbocycles. The Morgan fingerprint density at radius 1 is 1.28 bits per heavy atom. The number of nitrogens with one attached hydrogen (secondary N) is 2. The van der Waals surface area contributed by atoms with Crippen LogP contribution in [-0.2, 0) is 4.74 Å². The van der Waals surface area contributed by atoms with Gasteiger partial charge in [-0.3, -0.25) is 4.99 Å². The Morgan fingerprint density at radius 2 is 1.89 bits per heavy atom. The minimum Gasteiger partial charge on any atom is -0.380 e. The van der Waals surface area contributed by atoms with E-state index in [2.05, 4.69) is 36.4 Å². The summed E-state index contributed by atoms with van der Waals surface area (Å²) >= 11 is 0. The molecule has 0 amide bonds. The Labute approximate surface area is 128 Å².